The second-order valence-corrected chi connectivity index (χ2v) is 8.89. The number of carbonyl (C=O) groups is 1. The number of carboxylic acids is 1. The highest BCUT2D eigenvalue weighted by Gasteiger charge is 2.36. The Kier molecular flexibility index (Phi) is 8.18. The van der Waals surface area contributed by atoms with E-state index in [-0.39, 0.29) is 0 Å². The molecule has 0 unspecified atom stereocenters. The van der Waals surface area contributed by atoms with Crippen LogP contribution in [-0.4, -0.2) is 28.2 Å². The molecule has 3 aromatic carbocycles. The molecule has 0 amide bonds. The van der Waals surface area contributed by atoms with Gasteiger partial charge < -0.3 is 14.3 Å². The molecular formula is C30H32N2O4. The van der Waals surface area contributed by atoms with E-state index in [1.807, 2.05) is 98.8 Å². The normalized spacial score (nSPS) is 12.7. The summed E-state index contributed by atoms with van der Waals surface area (Å²) >= 11 is 0. The van der Waals surface area contributed by atoms with Crippen molar-refractivity contribution >= 4 is 5.97 Å². The predicted octanol–water partition coefficient (Wildman–Crippen LogP) is 5.84. The maximum atomic E-state index is 12.2. The number of aliphatic carboxylic acids is 1. The number of nitrogens with zero attached hydrogens (tertiary/aromatic N) is 1. The largest absolute Gasteiger partial charge is 0.493 e. The Bertz CT molecular complexity index is 1250. The molecule has 1 heterocycles. The lowest BCUT2D eigenvalue weighted by atomic mass is 9.87. The minimum Gasteiger partial charge on any atom is -0.493 e. The standard InChI is InChI=1S/C30H32N2O4/c1-3-30(29(33)34,31-21-24-10-6-4-7-11-24)20-23-14-16-26(17-15-23)35-19-18-27-22(2)36-28(32-27)25-12-8-5-9-13-25/h4-17,31H,3,18-21H2,1-2H3,(H,33,34)/t30-/m0/s1. The van der Waals surface area contributed by atoms with Crippen molar-refractivity contribution in [1.82, 2.24) is 10.3 Å². The van der Waals surface area contributed by atoms with E-state index in [9.17, 15) is 9.90 Å². The van der Waals surface area contributed by atoms with E-state index in [0.29, 0.717) is 38.3 Å². The smallest absolute Gasteiger partial charge is 0.324 e. The van der Waals surface area contributed by atoms with Gasteiger partial charge in [0.25, 0.3) is 0 Å². The lowest BCUT2D eigenvalue weighted by Crippen LogP contribution is -2.53. The quantitative estimate of drug-likeness (QED) is 0.263. The highest BCUT2D eigenvalue weighted by molar-refractivity contribution is 5.79. The first-order valence-electron chi connectivity index (χ1n) is 12.2. The molecular weight excluding hydrogens is 452 g/mol. The molecule has 36 heavy (non-hydrogen) atoms. The number of hydrogen-bond acceptors (Lipinski definition) is 5. The van der Waals surface area contributed by atoms with E-state index in [4.69, 9.17) is 9.15 Å². The van der Waals surface area contributed by atoms with Crippen molar-refractivity contribution in [2.75, 3.05) is 6.61 Å². The number of carboxylic acid groups (broad SMARTS) is 1. The summed E-state index contributed by atoms with van der Waals surface area (Å²) in [5.41, 5.74) is 2.78. The van der Waals surface area contributed by atoms with Crippen LogP contribution in [0.15, 0.2) is 89.3 Å². The summed E-state index contributed by atoms with van der Waals surface area (Å²) in [5, 5.41) is 13.3. The number of ether oxygens (including phenoxy) is 1. The Labute approximate surface area is 212 Å². The molecule has 0 fully saturated rings. The van der Waals surface area contributed by atoms with Gasteiger partial charge in [-0.15, -0.1) is 0 Å². The van der Waals surface area contributed by atoms with Gasteiger partial charge in [0, 0.05) is 24.9 Å². The first-order chi connectivity index (χ1) is 17.5. The van der Waals surface area contributed by atoms with Gasteiger partial charge in [0.1, 0.15) is 17.0 Å². The number of aromatic nitrogens is 1. The van der Waals surface area contributed by atoms with E-state index >= 15 is 0 Å². The first kappa shape index (κ1) is 25.2. The van der Waals surface area contributed by atoms with Gasteiger partial charge in [-0.3, -0.25) is 10.1 Å². The number of oxazole rings is 1. The number of hydrogen-bond donors (Lipinski definition) is 2. The Morgan fingerprint density at radius 2 is 1.64 bits per heavy atom. The number of nitrogens with one attached hydrogen (secondary N) is 1. The number of benzene rings is 3. The molecule has 0 aliphatic heterocycles. The van der Waals surface area contributed by atoms with Gasteiger partial charge in [-0.05, 0) is 48.7 Å². The van der Waals surface area contributed by atoms with E-state index in [1.165, 1.54) is 0 Å². The summed E-state index contributed by atoms with van der Waals surface area (Å²) in [6.07, 6.45) is 1.48. The van der Waals surface area contributed by atoms with Gasteiger partial charge in [-0.25, -0.2) is 4.98 Å². The summed E-state index contributed by atoms with van der Waals surface area (Å²) in [7, 11) is 0. The van der Waals surface area contributed by atoms with Crippen LogP contribution in [0.2, 0.25) is 0 Å². The molecule has 0 aliphatic rings. The van der Waals surface area contributed by atoms with Crippen LogP contribution in [-0.2, 0) is 24.2 Å². The predicted molar refractivity (Wildman–Crippen MR) is 140 cm³/mol. The van der Waals surface area contributed by atoms with Crippen molar-refractivity contribution in [3.8, 4) is 17.2 Å². The van der Waals surface area contributed by atoms with Crippen molar-refractivity contribution in [2.45, 2.75) is 45.2 Å². The van der Waals surface area contributed by atoms with Crippen molar-refractivity contribution < 1.29 is 19.1 Å². The Morgan fingerprint density at radius 3 is 2.28 bits per heavy atom. The van der Waals surface area contributed by atoms with Crippen molar-refractivity contribution in [2.24, 2.45) is 0 Å². The molecule has 0 saturated heterocycles. The molecule has 0 bridgehead atoms. The average molecular weight is 485 g/mol. The molecule has 4 rings (SSSR count). The molecule has 0 saturated carbocycles. The lowest BCUT2D eigenvalue weighted by molar-refractivity contribution is -0.145. The molecule has 0 spiro atoms. The molecule has 2 N–H and O–H groups in total. The highest BCUT2D eigenvalue weighted by atomic mass is 16.5. The topological polar surface area (TPSA) is 84.6 Å². The molecule has 6 nitrogen and oxygen atoms in total. The van der Waals surface area contributed by atoms with Crippen LogP contribution in [0.5, 0.6) is 5.75 Å². The Balaban J connectivity index is 1.34. The van der Waals surface area contributed by atoms with Crippen LogP contribution in [0.3, 0.4) is 0 Å². The van der Waals surface area contributed by atoms with Crippen LogP contribution in [0.25, 0.3) is 11.5 Å². The molecule has 0 radical (unpaired) electrons. The fourth-order valence-electron chi connectivity index (χ4n) is 4.16. The van der Waals surface area contributed by atoms with Crippen LogP contribution < -0.4 is 10.1 Å². The first-order valence-corrected chi connectivity index (χ1v) is 12.2. The summed E-state index contributed by atoms with van der Waals surface area (Å²) in [6, 6.07) is 27.3. The van der Waals surface area contributed by atoms with Gasteiger partial charge in [0.15, 0.2) is 0 Å². The lowest BCUT2D eigenvalue weighted by Gasteiger charge is -2.30. The third-order valence-corrected chi connectivity index (χ3v) is 6.44. The third kappa shape index (κ3) is 6.20. The third-order valence-electron chi connectivity index (χ3n) is 6.44. The van der Waals surface area contributed by atoms with Gasteiger partial charge in [-0.1, -0.05) is 67.6 Å². The van der Waals surface area contributed by atoms with Crippen molar-refractivity contribution in [3.63, 3.8) is 0 Å². The number of aryl methyl sites for hydroxylation is 1. The van der Waals surface area contributed by atoms with Crippen LogP contribution >= 0.6 is 0 Å². The van der Waals surface area contributed by atoms with E-state index in [1.54, 1.807) is 0 Å². The summed E-state index contributed by atoms with van der Waals surface area (Å²) < 4.78 is 11.8. The molecule has 1 aromatic heterocycles. The SMILES string of the molecule is CC[C@@](Cc1ccc(OCCc2nc(-c3ccccc3)oc2C)cc1)(NCc1ccccc1)C(=O)O. The highest BCUT2D eigenvalue weighted by Crippen LogP contribution is 2.23. The minimum absolute atomic E-state index is 0.381. The van der Waals surface area contributed by atoms with E-state index in [0.717, 1.165) is 33.9 Å². The average Bonchev–Trinajstić information content (AvgIpc) is 3.28. The van der Waals surface area contributed by atoms with Gasteiger partial charge in [0.05, 0.1) is 12.3 Å². The summed E-state index contributed by atoms with van der Waals surface area (Å²) in [4.78, 5) is 16.9. The van der Waals surface area contributed by atoms with Crippen LogP contribution in [0.4, 0.5) is 0 Å². The van der Waals surface area contributed by atoms with Crippen molar-refractivity contribution in [3.05, 3.63) is 108 Å². The second kappa shape index (κ2) is 11.7. The fraction of sp³-hybridized carbons (Fsp3) is 0.267. The zero-order valence-electron chi connectivity index (χ0n) is 20.7. The van der Waals surface area contributed by atoms with E-state index < -0.39 is 11.5 Å². The summed E-state index contributed by atoms with van der Waals surface area (Å²) in [5.74, 6) is 1.29. The monoisotopic (exact) mass is 484 g/mol. The zero-order valence-corrected chi connectivity index (χ0v) is 20.7. The molecule has 186 valence electrons. The molecule has 4 aromatic rings. The Morgan fingerprint density at radius 1 is 0.972 bits per heavy atom. The number of rotatable bonds is 12. The maximum Gasteiger partial charge on any atom is 0.324 e. The molecule has 0 aliphatic carbocycles. The van der Waals surface area contributed by atoms with Gasteiger partial charge >= 0.3 is 5.97 Å². The van der Waals surface area contributed by atoms with Crippen LogP contribution in [0, 0.1) is 6.92 Å². The Hall–Kier alpha value is -3.90. The fourth-order valence-corrected chi connectivity index (χ4v) is 4.16. The maximum absolute atomic E-state index is 12.2. The minimum atomic E-state index is -1.04. The van der Waals surface area contributed by atoms with Gasteiger partial charge in [0.2, 0.25) is 5.89 Å². The second-order valence-electron chi connectivity index (χ2n) is 8.89. The molecule has 1 atom stereocenters. The van der Waals surface area contributed by atoms with Crippen LogP contribution in [0.1, 0.15) is 35.9 Å². The van der Waals surface area contributed by atoms with E-state index in [2.05, 4.69) is 10.3 Å². The molecule has 6 heteroatoms. The summed E-state index contributed by atoms with van der Waals surface area (Å²) in [6.45, 7) is 4.78. The van der Waals surface area contributed by atoms with Gasteiger partial charge in [-0.2, -0.15) is 0 Å². The zero-order chi connectivity index (χ0) is 25.4. The van der Waals surface area contributed by atoms with Crippen molar-refractivity contribution in [1.29, 1.82) is 0 Å².